The first-order chi connectivity index (χ1) is 10.4. The summed E-state index contributed by atoms with van der Waals surface area (Å²) in [5.41, 5.74) is 1.19. The van der Waals surface area contributed by atoms with Crippen molar-refractivity contribution in [3.63, 3.8) is 0 Å². The number of hydrogen-bond acceptors (Lipinski definition) is 6. The number of carboxylic acid groups (broad SMARTS) is 1. The third kappa shape index (κ3) is 2.42. The van der Waals surface area contributed by atoms with Gasteiger partial charge in [-0.2, -0.15) is 0 Å². The molecule has 0 amide bonds. The van der Waals surface area contributed by atoms with E-state index in [2.05, 4.69) is 15.0 Å². The van der Waals surface area contributed by atoms with Crippen molar-refractivity contribution in [2.45, 2.75) is 5.16 Å². The van der Waals surface area contributed by atoms with Crippen molar-refractivity contribution in [3.05, 3.63) is 42.4 Å². The topological polar surface area (TPSA) is 115 Å². The van der Waals surface area contributed by atoms with E-state index >= 15 is 0 Å². The lowest BCUT2D eigenvalue weighted by molar-refractivity contribution is 0.0697. The lowest BCUT2D eigenvalue weighted by Crippen LogP contribution is -2.07. The molecule has 0 bridgehead atoms. The maximum absolute atomic E-state index is 11.5. The van der Waals surface area contributed by atoms with E-state index in [4.69, 9.17) is 5.11 Å². The highest BCUT2D eigenvalue weighted by atomic mass is 32.2. The summed E-state index contributed by atoms with van der Waals surface area (Å²) in [6.45, 7) is 0. The monoisotopic (exact) mass is 318 g/mol. The smallest absolute Gasteiger partial charge is 0.335 e. The van der Waals surface area contributed by atoms with Crippen LogP contribution in [0.15, 0.2) is 41.9 Å². The number of fused-ring (bicyclic) bond motifs is 1. The second-order valence-electron chi connectivity index (χ2n) is 4.59. The van der Waals surface area contributed by atoms with Crippen LogP contribution in [0.3, 0.4) is 0 Å². The number of hydrogen-bond donors (Lipinski definition) is 1. The van der Waals surface area contributed by atoms with Gasteiger partial charge in [-0.3, -0.25) is 4.57 Å². The summed E-state index contributed by atoms with van der Waals surface area (Å²) in [5.74, 6) is -0.769. The van der Waals surface area contributed by atoms with Gasteiger partial charge in [-0.05, 0) is 24.3 Å². The lowest BCUT2D eigenvalue weighted by atomic mass is 10.2. The molecule has 0 atom stereocenters. The molecule has 0 aliphatic carbocycles. The fourth-order valence-corrected chi connectivity index (χ4v) is 2.48. The molecule has 1 aromatic carbocycles. The Morgan fingerprint density at radius 3 is 2.68 bits per heavy atom. The van der Waals surface area contributed by atoms with E-state index in [0.29, 0.717) is 16.9 Å². The first-order valence-electron chi connectivity index (χ1n) is 6.10. The van der Waals surface area contributed by atoms with Gasteiger partial charge in [-0.1, -0.05) is 0 Å². The lowest BCUT2D eigenvalue weighted by Gasteiger charge is -2.05. The summed E-state index contributed by atoms with van der Waals surface area (Å²) in [5, 5.41) is 8.76. The highest BCUT2D eigenvalue weighted by Crippen LogP contribution is 2.19. The van der Waals surface area contributed by atoms with Crippen LogP contribution in [-0.2, 0) is 9.84 Å². The molecule has 0 aliphatic rings. The van der Waals surface area contributed by atoms with Crippen molar-refractivity contribution in [1.29, 1.82) is 0 Å². The van der Waals surface area contributed by atoms with E-state index in [9.17, 15) is 13.2 Å². The Balaban J connectivity index is 2.22. The minimum atomic E-state index is -3.54. The molecule has 0 spiro atoms. The Hall–Kier alpha value is -2.81. The Kier molecular flexibility index (Phi) is 3.14. The zero-order valence-electron chi connectivity index (χ0n) is 11.3. The molecule has 112 valence electrons. The zero-order valence-corrected chi connectivity index (χ0v) is 12.1. The fraction of sp³-hybridized carbons (Fsp3) is 0.0769. The Labute approximate surface area is 125 Å². The summed E-state index contributed by atoms with van der Waals surface area (Å²) in [7, 11) is -3.54. The van der Waals surface area contributed by atoms with Gasteiger partial charge in [0.2, 0.25) is 15.0 Å². The van der Waals surface area contributed by atoms with Crippen LogP contribution in [0.1, 0.15) is 10.4 Å². The molecule has 3 rings (SSSR count). The number of sulfone groups is 1. The van der Waals surface area contributed by atoms with E-state index < -0.39 is 15.8 Å². The standard InChI is InChI=1S/C13H10N4O4S/c1-22(20,21)13-14-5-4-11(16-13)17-7-15-9-3-2-8(12(18)19)6-10(9)17/h2-7H,1H3,(H,18,19). The summed E-state index contributed by atoms with van der Waals surface area (Å²) in [4.78, 5) is 22.9. The number of aromatic carboxylic acids is 1. The second-order valence-corrected chi connectivity index (χ2v) is 6.50. The van der Waals surface area contributed by atoms with Crippen molar-refractivity contribution < 1.29 is 18.3 Å². The molecule has 0 fully saturated rings. The minimum absolute atomic E-state index is 0.103. The average molecular weight is 318 g/mol. The van der Waals surface area contributed by atoms with Gasteiger partial charge in [-0.25, -0.2) is 28.2 Å². The Morgan fingerprint density at radius 1 is 1.23 bits per heavy atom. The number of carbonyl (C=O) groups is 1. The maximum Gasteiger partial charge on any atom is 0.335 e. The molecule has 9 heteroatoms. The minimum Gasteiger partial charge on any atom is -0.478 e. The molecule has 0 radical (unpaired) electrons. The van der Waals surface area contributed by atoms with Gasteiger partial charge < -0.3 is 5.11 Å². The summed E-state index contributed by atoms with van der Waals surface area (Å²) >= 11 is 0. The molecule has 8 nitrogen and oxygen atoms in total. The zero-order chi connectivity index (χ0) is 15.9. The molecule has 0 saturated carbocycles. The van der Waals surface area contributed by atoms with Crippen LogP contribution >= 0.6 is 0 Å². The first-order valence-corrected chi connectivity index (χ1v) is 7.99. The Bertz CT molecular complexity index is 994. The third-order valence-electron chi connectivity index (χ3n) is 2.99. The molecule has 0 saturated heterocycles. The predicted octanol–water partition coefficient (Wildman–Crippen LogP) is 0.917. The van der Waals surface area contributed by atoms with Crippen molar-refractivity contribution in [2.24, 2.45) is 0 Å². The normalized spacial score (nSPS) is 11.7. The number of rotatable bonds is 3. The number of imidazole rings is 1. The van der Waals surface area contributed by atoms with Crippen LogP contribution in [0.4, 0.5) is 0 Å². The fourth-order valence-electron chi connectivity index (χ4n) is 1.97. The molecule has 2 aromatic heterocycles. The van der Waals surface area contributed by atoms with Crippen LogP contribution in [0.5, 0.6) is 0 Å². The van der Waals surface area contributed by atoms with E-state index in [1.807, 2.05) is 0 Å². The van der Waals surface area contributed by atoms with Crippen LogP contribution < -0.4 is 0 Å². The van der Waals surface area contributed by atoms with Gasteiger partial charge in [0.05, 0.1) is 16.6 Å². The highest BCUT2D eigenvalue weighted by molar-refractivity contribution is 7.90. The first kappa shape index (κ1) is 14.1. The molecule has 2 heterocycles. The van der Waals surface area contributed by atoms with Crippen LogP contribution in [-0.4, -0.2) is 45.3 Å². The van der Waals surface area contributed by atoms with Crippen molar-refractivity contribution in [2.75, 3.05) is 6.26 Å². The summed E-state index contributed by atoms with van der Waals surface area (Å²) in [6, 6.07) is 5.99. The van der Waals surface area contributed by atoms with E-state index in [0.717, 1.165) is 6.26 Å². The van der Waals surface area contributed by atoms with E-state index in [-0.39, 0.29) is 10.7 Å². The van der Waals surface area contributed by atoms with Gasteiger partial charge in [0.15, 0.2) is 0 Å². The molecule has 3 aromatic rings. The van der Waals surface area contributed by atoms with E-state index in [1.54, 1.807) is 6.07 Å². The highest BCUT2D eigenvalue weighted by Gasteiger charge is 2.14. The van der Waals surface area contributed by atoms with Crippen molar-refractivity contribution >= 4 is 26.8 Å². The number of nitrogens with zero attached hydrogens (tertiary/aromatic N) is 4. The third-order valence-corrected chi connectivity index (χ3v) is 3.85. The number of carboxylic acids is 1. The molecular weight excluding hydrogens is 308 g/mol. The SMILES string of the molecule is CS(=O)(=O)c1nccc(-n2cnc3ccc(C(=O)O)cc32)n1. The van der Waals surface area contributed by atoms with Crippen molar-refractivity contribution in [1.82, 2.24) is 19.5 Å². The molecular formula is C13H10N4O4S. The quantitative estimate of drug-likeness (QED) is 0.714. The second kappa shape index (κ2) is 4.88. The van der Waals surface area contributed by atoms with Gasteiger partial charge in [0.25, 0.3) is 0 Å². The van der Waals surface area contributed by atoms with Gasteiger partial charge in [-0.15, -0.1) is 0 Å². The van der Waals surface area contributed by atoms with Gasteiger partial charge >= 0.3 is 5.97 Å². The van der Waals surface area contributed by atoms with E-state index in [1.165, 1.54) is 35.3 Å². The molecule has 1 N–H and O–H groups in total. The largest absolute Gasteiger partial charge is 0.478 e. The summed E-state index contributed by atoms with van der Waals surface area (Å²) < 4.78 is 24.6. The molecule has 0 unspecified atom stereocenters. The van der Waals surface area contributed by atoms with Gasteiger partial charge in [0, 0.05) is 12.5 Å². The maximum atomic E-state index is 11.5. The average Bonchev–Trinajstić information content (AvgIpc) is 2.89. The Morgan fingerprint density at radius 2 is 2.00 bits per heavy atom. The van der Waals surface area contributed by atoms with Crippen LogP contribution in [0, 0.1) is 0 Å². The molecule has 0 aliphatic heterocycles. The number of aromatic nitrogens is 4. The number of benzene rings is 1. The van der Waals surface area contributed by atoms with Crippen molar-refractivity contribution in [3.8, 4) is 5.82 Å². The molecule has 22 heavy (non-hydrogen) atoms. The predicted molar refractivity (Wildman–Crippen MR) is 76.7 cm³/mol. The van der Waals surface area contributed by atoms with Gasteiger partial charge in [0.1, 0.15) is 12.1 Å². The van der Waals surface area contributed by atoms with Crippen LogP contribution in [0.25, 0.3) is 16.9 Å². The summed E-state index contributed by atoms with van der Waals surface area (Å²) in [6.07, 6.45) is 3.79. The van der Waals surface area contributed by atoms with Crippen LogP contribution in [0.2, 0.25) is 0 Å².